The number of methoxy groups -OCH3 is 1. The van der Waals surface area contributed by atoms with Crippen LogP contribution < -0.4 is 10.1 Å². The molecule has 19 heavy (non-hydrogen) atoms. The van der Waals surface area contributed by atoms with Gasteiger partial charge in [0.1, 0.15) is 10.4 Å². The first kappa shape index (κ1) is 14.8. The van der Waals surface area contributed by atoms with E-state index in [1.807, 2.05) is 24.3 Å². The first-order valence-corrected chi connectivity index (χ1v) is 7.86. The summed E-state index contributed by atoms with van der Waals surface area (Å²) in [5, 5.41) is 3.33. The van der Waals surface area contributed by atoms with Crippen LogP contribution in [0, 0.1) is 0 Å². The predicted molar refractivity (Wildman–Crippen MR) is 87.7 cm³/mol. The number of hydrogen-bond donors (Lipinski definition) is 1. The van der Waals surface area contributed by atoms with Gasteiger partial charge < -0.3 is 10.1 Å². The van der Waals surface area contributed by atoms with Gasteiger partial charge in [0.25, 0.3) is 0 Å². The zero-order chi connectivity index (χ0) is 13.8. The second-order valence-electron chi connectivity index (χ2n) is 3.79. The normalized spacial score (nSPS) is 10.3. The van der Waals surface area contributed by atoms with E-state index in [9.17, 15) is 0 Å². The van der Waals surface area contributed by atoms with Crippen molar-refractivity contribution < 1.29 is 4.74 Å². The first-order valence-electron chi connectivity index (χ1n) is 5.48. The van der Waals surface area contributed by atoms with Gasteiger partial charge in [-0.3, -0.25) is 0 Å². The summed E-state index contributed by atoms with van der Waals surface area (Å²) in [7, 11) is 1.65. The van der Waals surface area contributed by atoms with E-state index in [1.165, 1.54) is 0 Å². The van der Waals surface area contributed by atoms with Gasteiger partial charge in [0.05, 0.1) is 21.7 Å². The Bertz CT molecular complexity index is 567. The summed E-state index contributed by atoms with van der Waals surface area (Å²) in [6, 6.07) is 7.93. The molecule has 0 aliphatic rings. The van der Waals surface area contributed by atoms with Gasteiger partial charge in [-0.05, 0) is 77.6 Å². The van der Waals surface area contributed by atoms with Crippen molar-refractivity contribution in [1.82, 2.24) is 4.98 Å². The first-order chi connectivity index (χ1) is 9.11. The molecular weight excluding hydrogens is 440 g/mol. The van der Waals surface area contributed by atoms with Crippen LogP contribution in [0.1, 0.15) is 5.56 Å². The van der Waals surface area contributed by atoms with E-state index in [0.29, 0.717) is 6.54 Å². The van der Waals surface area contributed by atoms with Crippen molar-refractivity contribution in [1.29, 1.82) is 0 Å². The zero-order valence-corrected chi connectivity index (χ0v) is 14.8. The number of aromatic nitrogens is 1. The van der Waals surface area contributed by atoms with Gasteiger partial charge in [-0.25, -0.2) is 4.98 Å². The molecule has 1 N–H and O–H groups in total. The van der Waals surface area contributed by atoms with Gasteiger partial charge in [-0.1, -0.05) is 0 Å². The Balaban J connectivity index is 2.15. The average molecular weight is 451 g/mol. The molecule has 3 nitrogen and oxygen atoms in total. The summed E-state index contributed by atoms with van der Waals surface area (Å²) >= 11 is 10.4. The summed E-state index contributed by atoms with van der Waals surface area (Å²) in [5.41, 5.74) is 2.10. The highest BCUT2D eigenvalue weighted by Crippen LogP contribution is 2.34. The lowest BCUT2D eigenvalue weighted by Gasteiger charge is -2.11. The summed E-state index contributed by atoms with van der Waals surface area (Å²) in [4.78, 5) is 4.17. The largest absolute Gasteiger partial charge is 0.494 e. The van der Waals surface area contributed by atoms with E-state index >= 15 is 0 Å². The fourth-order valence-corrected chi connectivity index (χ4v) is 3.62. The van der Waals surface area contributed by atoms with Crippen molar-refractivity contribution >= 4 is 53.5 Å². The van der Waals surface area contributed by atoms with Crippen molar-refractivity contribution in [2.24, 2.45) is 0 Å². The zero-order valence-electron chi connectivity index (χ0n) is 10.1. The van der Waals surface area contributed by atoms with Crippen LogP contribution in [-0.4, -0.2) is 12.1 Å². The van der Waals surface area contributed by atoms with Crippen LogP contribution in [0.3, 0.4) is 0 Å². The third-order valence-corrected chi connectivity index (χ3v) is 4.31. The molecule has 0 saturated heterocycles. The molecule has 0 aliphatic heterocycles. The Morgan fingerprint density at radius 3 is 2.47 bits per heavy atom. The van der Waals surface area contributed by atoms with Gasteiger partial charge in [0.15, 0.2) is 0 Å². The molecule has 1 aromatic carbocycles. The molecule has 0 unspecified atom stereocenters. The van der Waals surface area contributed by atoms with Crippen LogP contribution in [0.25, 0.3) is 0 Å². The molecular formula is C13H11Br3N2O. The van der Waals surface area contributed by atoms with Gasteiger partial charge >= 0.3 is 0 Å². The SMILES string of the molecule is COc1c(Br)cc(CNc2cccnc2Br)cc1Br. The number of anilines is 1. The molecule has 0 bridgehead atoms. The van der Waals surface area contributed by atoms with Crippen LogP contribution in [0.15, 0.2) is 44.0 Å². The number of nitrogens with zero attached hydrogens (tertiary/aromatic N) is 1. The van der Waals surface area contributed by atoms with E-state index in [4.69, 9.17) is 4.74 Å². The molecule has 100 valence electrons. The lowest BCUT2D eigenvalue weighted by atomic mass is 10.2. The maximum Gasteiger partial charge on any atom is 0.147 e. The van der Waals surface area contributed by atoms with Crippen molar-refractivity contribution in [2.75, 3.05) is 12.4 Å². The summed E-state index contributed by atoms with van der Waals surface area (Å²) in [5.74, 6) is 0.798. The van der Waals surface area contributed by atoms with Crippen molar-refractivity contribution in [3.63, 3.8) is 0 Å². The number of pyridine rings is 1. The number of rotatable bonds is 4. The minimum absolute atomic E-state index is 0.700. The minimum atomic E-state index is 0.700. The third kappa shape index (κ3) is 3.70. The Morgan fingerprint density at radius 2 is 1.89 bits per heavy atom. The Morgan fingerprint density at radius 1 is 1.21 bits per heavy atom. The van der Waals surface area contributed by atoms with Gasteiger partial charge in [-0.15, -0.1) is 0 Å². The van der Waals surface area contributed by atoms with Crippen molar-refractivity contribution in [2.45, 2.75) is 6.54 Å². The summed E-state index contributed by atoms with van der Waals surface area (Å²) in [6.07, 6.45) is 1.75. The highest BCUT2D eigenvalue weighted by molar-refractivity contribution is 9.11. The molecule has 2 rings (SSSR count). The lowest BCUT2D eigenvalue weighted by Crippen LogP contribution is -2.01. The Kier molecular flexibility index (Phi) is 5.24. The van der Waals surface area contributed by atoms with Gasteiger partial charge in [-0.2, -0.15) is 0 Å². The number of hydrogen-bond acceptors (Lipinski definition) is 3. The van der Waals surface area contributed by atoms with Crippen LogP contribution in [0.2, 0.25) is 0 Å². The summed E-state index contributed by atoms with van der Waals surface area (Å²) < 4.78 is 7.93. The predicted octanol–water partition coefficient (Wildman–Crippen LogP) is 4.99. The highest BCUT2D eigenvalue weighted by Gasteiger charge is 2.08. The quantitative estimate of drug-likeness (QED) is 0.666. The van der Waals surface area contributed by atoms with Crippen LogP contribution in [0.5, 0.6) is 5.75 Å². The Hall–Kier alpha value is -0.590. The summed E-state index contributed by atoms with van der Waals surface area (Å²) in [6.45, 7) is 0.700. The average Bonchev–Trinajstić information content (AvgIpc) is 2.37. The molecule has 1 aromatic heterocycles. The van der Waals surface area contributed by atoms with E-state index in [-0.39, 0.29) is 0 Å². The monoisotopic (exact) mass is 448 g/mol. The van der Waals surface area contributed by atoms with Crippen LogP contribution in [0.4, 0.5) is 5.69 Å². The molecule has 0 fully saturated rings. The molecule has 6 heteroatoms. The number of benzene rings is 1. The molecule has 1 heterocycles. The molecule has 0 spiro atoms. The van der Waals surface area contributed by atoms with E-state index in [2.05, 4.69) is 58.1 Å². The number of halogens is 3. The molecule has 0 aliphatic carbocycles. The van der Waals surface area contributed by atoms with Gasteiger partial charge in [0, 0.05) is 12.7 Å². The molecule has 0 atom stereocenters. The molecule has 0 saturated carbocycles. The van der Waals surface area contributed by atoms with Crippen LogP contribution >= 0.6 is 47.8 Å². The fraction of sp³-hybridized carbons (Fsp3) is 0.154. The number of nitrogens with one attached hydrogen (secondary N) is 1. The highest BCUT2D eigenvalue weighted by atomic mass is 79.9. The van der Waals surface area contributed by atoms with E-state index in [1.54, 1.807) is 13.3 Å². The maximum absolute atomic E-state index is 5.28. The second-order valence-corrected chi connectivity index (χ2v) is 6.25. The fourth-order valence-electron chi connectivity index (χ4n) is 1.62. The van der Waals surface area contributed by atoms with E-state index in [0.717, 1.165) is 30.5 Å². The lowest BCUT2D eigenvalue weighted by molar-refractivity contribution is 0.409. The topological polar surface area (TPSA) is 34.1 Å². The standard InChI is InChI=1S/C13H11Br3N2O/c1-19-12-9(14)5-8(6-10(12)15)7-18-11-3-2-4-17-13(11)16/h2-6,18H,7H2,1H3. The van der Waals surface area contributed by atoms with Gasteiger partial charge in [0.2, 0.25) is 0 Å². The molecule has 2 aromatic rings. The van der Waals surface area contributed by atoms with Crippen LogP contribution in [-0.2, 0) is 6.54 Å². The smallest absolute Gasteiger partial charge is 0.147 e. The molecule has 0 amide bonds. The Labute approximate surface area is 137 Å². The maximum atomic E-state index is 5.28. The number of ether oxygens (including phenoxy) is 1. The second kappa shape index (κ2) is 6.72. The molecule has 0 radical (unpaired) electrons. The van der Waals surface area contributed by atoms with E-state index < -0.39 is 0 Å². The third-order valence-electron chi connectivity index (χ3n) is 2.50. The van der Waals surface area contributed by atoms with Crippen molar-refractivity contribution in [3.05, 3.63) is 49.6 Å². The minimum Gasteiger partial charge on any atom is -0.494 e. The van der Waals surface area contributed by atoms with Crippen molar-refractivity contribution in [3.8, 4) is 5.75 Å².